The fraction of sp³-hybridized carbons (Fsp3) is 0.286. The van der Waals surface area contributed by atoms with Crippen LogP contribution >= 0.6 is 0 Å². The maximum absolute atomic E-state index is 4.20. The largest absolute Gasteiger partial charge is 0.297 e. The van der Waals surface area contributed by atoms with Crippen LogP contribution < -0.4 is 0 Å². The lowest BCUT2D eigenvalue weighted by Gasteiger charge is -1.96. The zero-order chi connectivity index (χ0) is 6.97. The zero-order valence-electron chi connectivity index (χ0n) is 5.73. The Morgan fingerprint density at radius 3 is 3.30 bits per heavy atom. The Balaban J connectivity index is 2.40. The summed E-state index contributed by atoms with van der Waals surface area (Å²) >= 11 is 0. The van der Waals surface area contributed by atoms with Crippen LogP contribution in [0, 0.1) is 0 Å². The summed E-state index contributed by atoms with van der Waals surface area (Å²) in [7, 11) is 0. The van der Waals surface area contributed by atoms with Crippen molar-refractivity contribution in [3.8, 4) is 0 Å². The number of rotatable bonds is 0. The number of nitrogens with zero attached hydrogens (tertiary/aromatic N) is 3. The summed E-state index contributed by atoms with van der Waals surface area (Å²) in [5.74, 6) is 0. The van der Waals surface area contributed by atoms with Crippen LogP contribution in [-0.2, 0) is 0 Å². The summed E-state index contributed by atoms with van der Waals surface area (Å²) in [5.41, 5.74) is 1.04. The van der Waals surface area contributed by atoms with Crippen LogP contribution in [0.3, 0.4) is 0 Å². The van der Waals surface area contributed by atoms with E-state index in [0.717, 1.165) is 5.70 Å². The topological polar surface area (TPSA) is 27.7 Å². The van der Waals surface area contributed by atoms with Gasteiger partial charge in [-0.05, 0) is 12.0 Å². The van der Waals surface area contributed by atoms with Crippen molar-refractivity contribution in [2.45, 2.75) is 13.1 Å². The fourth-order valence-electron chi connectivity index (χ4n) is 1.06. The summed E-state index contributed by atoms with van der Waals surface area (Å²) in [6, 6.07) is 0. The highest BCUT2D eigenvalue weighted by atomic mass is 15.4. The highest BCUT2D eigenvalue weighted by Gasteiger charge is 2.24. The van der Waals surface area contributed by atoms with E-state index in [4.69, 9.17) is 0 Å². The lowest BCUT2D eigenvalue weighted by Crippen LogP contribution is -2.14. The van der Waals surface area contributed by atoms with Gasteiger partial charge in [-0.25, -0.2) is 4.99 Å². The molecule has 0 saturated heterocycles. The van der Waals surface area contributed by atoms with Gasteiger partial charge in [-0.3, -0.25) is 0 Å². The first-order valence-electron chi connectivity index (χ1n) is 3.25. The van der Waals surface area contributed by atoms with Crippen LogP contribution in [0.15, 0.2) is 34.2 Å². The zero-order valence-corrected chi connectivity index (χ0v) is 5.73. The average Bonchev–Trinajstić information content (AvgIpc) is 2.27. The fourth-order valence-corrected chi connectivity index (χ4v) is 1.06. The lowest BCUT2D eigenvalue weighted by atomic mass is 10.4. The molecule has 2 rings (SSSR count). The van der Waals surface area contributed by atoms with Crippen molar-refractivity contribution in [3.63, 3.8) is 0 Å². The lowest BCUT2D eigenvalue weighted by molar-refractivity contribution is -0.545. The second-order valence-corrected chi connectivity index (χ2v) is 2.34. The van der Waals surface area contributed by atoms with E-state index in [1.54, 1.807) is 6.21 Å². The predicted molar refractivity (Wildman–Crippen MR) is 37.9 cm³/mol. The van der Waals surface area contributed by atoms with Gasteiger partial charge in [0.1, 0.15) is 5.70 Å². The number of hydrogen-bond acceptors (Lipinski definition) is 2. The first-order chi connectivity index (χ1) is 4.86. The minimum absolute atomic E-state index is 0.130. The van der Waals surface area contributed by atoms with Crippen LogP contribution in [0.1, 0.15) is 6.92 Å². The van der Waals surface area contributed by atoms with Gasteiger partial charge < -0.3 is 0 Å². The average molecular weight is 134 g/mol. The molecule has 0 N–H and O–H groups in total. The molecule has 0 bridgehead atoms. The Hall–Kier alpha value is -1.25. The molecule has 0 aromatic heterocycles. The van der Waals surface area contributed by atoms with Crippen LogP contribution in [0.5, 0.6) is 0 Å². The van der Waals surface area contributed by atoms with Crippen LogP contribution in [-0.4, -0.2) is 17.1 Å². The van der Waals surface area contributed by atoms with E-state index >= 15 is 0 Å². The number of aliphatic imine (C=N–C) groups is 1. The van der Waals surface area contributed by atoms with Crippen molar-refractivity contribution < 1.29 is 4.70 Å². The molecule has 0 radical (unpaired) electrons. The number of azo groups is 2. The van der Waals surface area contributed by atoms with Gasteiger partial charge >= 0.3 is 0 Å². The van der Waals surface area contributed by atoms with Gasteiger partial charge in [-0.1, -0.05) is 4.70 Å². The van der Waals surface area contributed by atoms with Gasteiger partial charge in [-0.15, -0.1) is 0 Å². The molecule has 10 heavy (non-hydrogen) atoms. The summed E-state index contributed by atoms with van der Waals surface area (Å²) in [6.45, 7) is 1.97. The second kappa shape index (κ2) is 1.87. The summed E-state index contributed by atoms with van der Waals surface area (Å²) < 4.78 is 1.84. The molecule has 1 unspecified atom stereocenters. The highest BCUT2D eigenvalue weighted by molar-refractivity contribution is 5.71. The van der Waals surface area contributed by atoms with Crippen molar-refractivity contribution in [1.29, 1.82) is 0 Å². The molecule has 3 nitrogen and oxygen atoms in total. The van der Waals surface area contributed by atoms with Gasteiger partial charge in [0.15, 0.2) is 0 Å². The Kier molecular flexibility index (Phi) is 1.03. The number of allylic oxidation sites excluding steroid dienone is 2. The Bertz CT molecular complexity index is 271. The monoisotopic (exact) mass is 134 g/mol. The first-order valence-corrected chi connectivity index (χ1v) is 3.25. The molecule has 3 heteroatoms. The standard InChI is InChI=1S/C7H8N3/c1-6-5-7-8-3-2-4-10(7)9-6/h2-5,7H,1H3/q+1. The molecule has 0 aromatic carbocycles. The van der Waals surface area contributed by atoms with E-state index in [2.05, 4.69) is 10.1 Å². The molecular formula is C7H8N3+. The van der Waals surface area contributed by atoms with E-state index < -0.39 is 0 Å². The smallest absolute Gasteiger partial charge is 0.219 e. The van der Waals surface area contributed by atoms with Crippen LogP contribution in [0.2, 0.25) is 0 Å². The highest BCUT2D eigenvalue weighted by Crippen LogP contribution is 2.14. The Morgan fingerprint density at radius 2 is 2.50 bits per heavy atom. The SMILES string of the molecule is CC1=CC2N=CC=C[N+]2=N1. The molecule has 0 saturated carbocycles. The van der Waals surface area contributed by atoms with E-state index in [1.807, 2.05) is 30.0 Å². The molecule has 2 heterocycles. The maximum Gasteiger partial charge on any atom is 0.297 e. The summed E-state index contributed by atoms with van der Waals surface area (Å²) in [4.78, 5) is 4.19. The normalized spacial score (nSPS) is 27.9. The maximum atomic E-state index is 4.20. The molecule has 2 aliphatic heterocycles. The van der Waals surface area contributed by atoms with Gasteiger partial charge in [0.05, 0.1) is 0 Å². The Morgan fingerprint density at radius 1 is 1.60 bits per heavy atom. The molecule has 50 valence electrons. The molecule has 0 spiro atoms. The minimum atomic E-state index is 0.130. The van der Waals surface area contributed by atoms with Gasteiger partial charge in [0.2, 0.25) is 6.20 Å². The molecule has 0 aromatic rings. The third kappa shape index (κ3) is 0.708. The first kappa shape index (κ1) is 5.53. The van der Waals surface area contributed by atoms with Gasteiger partial charge in [0.25, 0.3) is 6.17 Å². The molecule has 0 amide bonds. The van der Waals surface area contributed by atoms with E-state index in [1.165, 1.54) is 0 Å². The summed E-state index contributed by atoms with van der Waals surface area (Å²) in [5, 5.41) is 4.20. The van der Waals surface area contributed by atoms with Gasteiger partial charge in [-0.2, -0.15) is 0 Å². The van der Waals surface area contributed by atoms with E-state index in [-0.39, 0.29) is 6.17 Å². The quantitative estimate of drug-likeness (QED) is 0.446. The summed E-state index contributed by atoms with van der Waals surface area (Å²) in [6.07, 6.45) is 7.76. The van der Waals surface area contributed by atoms with E-state index in [0.29, 0.717) is 0 Å². The molecular weight excluding hydrogens is 126 g/mol. The van der Waals surface area contributed by atoms with Crippen molar-refractivity contribution >= 4 is 6.21 Å². The van der Waals surface area contributed by atoms with Crippen LogP contribution in [0.25, 0.3) is 0 Å². The third-order valence-corrected chi connectivity index (χ3v) is 1.50. The van der Waals surface area contributed by atoms with Crippen molar-refractivity contribution in [2.75, 3.05) is 0 Å². The predicted octanol–water partition coefficient (Wildman–Crippen LogP) is 1.29. The number of fused-ring (bicyclic) bond motifs is 1. The minimum Gasteiger partial charge on any atom is -0.219 e. The van der Waals surface area contributed by atoms with Crippen molar-refractivity contribution in [1.82, 2.24) is 0 Å². The molecule has 0 aliphatic carbocycles. The second-order valence-electron chi connectivity index (χ2n) is 2.34. The molecule has 0 fully saturated rings. The van der Waals surface area contributed by atoms with Crippen molar-refractivity contribution in [2.24, 2.45) is 10.1 Å². The van der Waals surface area contributed by atoms with E-state index in [9.17, 15) is 0 Å². The van der Waals surface area contributed by atoms with Gasteiger partial charge in [0, 0.05) is 18.4 Å². The van der Waals surface area contributed by atoms with Crippen molar-refractivity contribution in [3.05, 3.63) is 24.0 Å². The molecule has 1 atom stereocenters. The molecule has 2 aliphatic rings. The van der Waals surface area contributed by atoms with Crippen LogP contribution in [0.4, 0.5) is 0 Å². The number of hydrogen-bond donors (Lipinski definition) is 0. The third-order valence-electron chi connectivity index (χ3n) is 1.50. The Labute approximate surface area is 59.1 Å².